The van der Waals surface area contributed by atoms with Gasteiger partial charge in [0.05, 0.1) is 19.8 Å². The Kier molecular flexibility index (Phi) is 4.58. The summed E-state index contributed by atoms with van der Waals surface area (Å²) in [4.78, 5) is 2.34. The van der Waals surface area contributed by atoms with Gasteiger partial charge in [0.15, 0.2) is 0 Å². The van der Waals surface area contributed by atoms with Crippen LogP contribution in [0.5, 0.6) is 5.75 Å². The maximum absolute atomic E-state index is 9.69. The van der Waals surface area contributed by atoms with Gasteiger partial charge in [-0.3, -0.25) is 4.90 Å². The topological polar surface area (TPSA) is 44.7 Å². The zero-order valence-corrected chi connectivity index (χ0v) is 11.1. The molecule has 0 aliphatic carbocycles. The lowest BCUT2D eigenvalue weighted by molar-refractivity contribution is 0.110. The zero-order chi connectivity index (χ0) is 13.0. The maximum Gasteiger partial charge on any atom is 0.119 e. The highest BCUT2D eigenvalue weighted by atomic mass is 16.5. The lowest BCUT2D eigenvalue weighted by atomic mass is 9.99. The summed E-state index contributed by atoms with van der Waals surface area (Å²) >= 11 is 0. The van der Waals surface area contributed by atoms with Gasteiger partial charge in [-0.2, -0.15) is 0 Å². The molecule has 1 heterocycles. The van der Waals surface area contributed by atoms with E-state index in [9.17, 15) is 5.11 Å². The second kappa shape index (κ2) is 6.18. The predicted octanol–water partition coefficient (Wildman–Crippen LogP) is 0.942. The Balaban J connectivity index is 2.20. The van der Waals surface area contributed by atoms with Crippen molar-refractivity contribution in [1.29, 1.82) is 0 Å². The van der Waals surface area contributed by atoms with Crippen molar-refractivity contribution >= 4 is 0 Å². The van der Waals surface area contributed by atoms with E-state index in [0.717, 1.165) is 31.9 Å². The highest BCUT2D eigenvalue weighted by Gasteiger charge is 2.22. The molecule has 100 valence electrons. The number of rotatable bonds is 4. The number of hydrogen-bond donors (Lipinski definition) is 2. The minimum absolute atomic E-state index is 0.0954. The molecule has 0 amide bonds. The minimum Gasteiger partial charge on any atom is -0.497 e. The van der Waals surface area contributed by atoms with Gasteiger partial charge in [0.25, 0.3) is 0 Å². The van der Waals surface area contributed by atoms with Crippen LogP contribution in [0.1, 0.15) is 17.2 Å². The summed E-state index contributed by atoms with van der Waals surface area (Å²) in [6.45, 7) is 6.18. The molecule has 0 spiro atoms. The Morgan fingerprint density at radius 3 is 2.67 bits per heavy atom. The Morgan fingerprint density at radius 2 is 2.11 bits per heavy atom. The Hall–Kier alpha value is -1.10. The highest BCUT2D eigenvalue weighted by Crippen LogP contribution is 2.26. The summed E-state index contributed by atoms with van der Waals surface area (Å²) in [5.41, 5.74) is 2.37. The molecule has 4 heteroatoms. The number of nitrogens with zero attached hydrogens (tertiary/aromatic N) is 1. The summed E-state index contributed by atoms with van der Waals surface area (Å²) in [6.07, 6.45) is 0. The summed E-state index contributed by atoms with van der Waals surface area (Å²) in [5, 5.41) is 13.0. The number of benzene rings is 1. The van der Waals surface area contributed by atoms with E-state index >= 15 is 0 Å². The number of methoxy groups -OCH3 is 1. The van der Waals surface area contributed by atoms with Gasteiger partial charge in [-0.05, 0) is 30.2 Å². The fourth-order valence-corrected chi connectivity index (χ4v) is 2.55. The van der Waals surface area contributed by atoms with E-state index in [-0.39, 0.29) is 12.6 Å². The fraction of sp³-hybridized carbons (Fsp3) is 0.571. The Bertz CT molecular complexity index is 389. The second-order valence-electron chi connectivity index (χ2n) is 4.71. The van der Waals surface area contributed by atoms with Crippen LogP contribution in [0.3, 0.4) is 0 Å². The molecule has 1 aromatic rings. The molecule has 1 aromatic carbocycles. The minimum atomic E-state index is 0.0954. The molecule has 1 fully saturated rings. The molecule has 2 rings (SSSR count). The van der Waals surface area contributed by atoms with E-state index in [1.807, 2.05) is 12.1 Å². The average molecular weight is 250 g/mol. The number of aliphatic hydroxyl groups is 1. The number of piperazine rings is 1. The highest BCUT2D eigenvalue weighted by molar-refractivity contribution is 5.36. The number of aryl methyl sites for hydroxylation is 1. The van der Waals surface area contributed by atoms with Gasteiger partial charge in [-0.25, -0.2) is 0 Å². The van der Waals surface area contributed by atoms with Gasteiger partial charge in [0.1, 0.15) is 5.75 Å². The summed E-state index contributed by atoms with van der Waals surface area (Å²) in [5.74, 6) is 0.869. The number of aliphatic hydroxyl groups excluding tert-OH is 1. The molecule has 0 saturated carbocycles. The summed E-state index contributed by atoms with van der Waals surface area (Å²) in [7, 11) is 1.67. The third-order valence-corrected chi connectivity index (χ3v) is 3.60. The molecule has 0 unspecified atom stereocenters. The molecule has 1 saturated heterocycles. The van der Waals surface area contributed by atoms with E-state index in [1.54, 1.807) is 7.11 Å². The van der Waals surface area contributed by atoms with Crippen molar-refractivity contribution in [3.05, 3.63) is 29.3 Å². The van der Waals surface area contributed by atoms with Crippen LogP contribution in [-0.2, 0) is 0 Å². The smallest absolute Gasteiger partial charge is 0.119 e. The quantitative estimate of drug-likeness (QED) is 0.835. The van der Waals surface area contributed by atoms with Gasteiger partial charge in [-0.15, -0.1) is 0 Å². The molecule has 0 aromatic heterocycles. The number of nitrogens with one attached hydrogen (secondary N) is 1. The predicted molar refractivity (Wildman–Crippen MR) is 72.0 cm³/mol. The van der Waals surface area contributed by atoms with Gasteiger partial charge >= 0.3 is 0 Å². The van der Waals surface area contributed by atoms with Crippen molar-refractivity contribution in [2.75, 3.05) is 39.9 Å². The van der Waals surface area contributed by atoms with Crippen LogP contribution in [0.15, 0.2) is 18.2 Å². The zero-order valence-electron chi connectivity index (χ0n) is 11.1. The van der Waals surface area contributed by atoms with Crippen molar-refractivity contribution in [2.45, 2.75) is 13.0 Å². The van der Waals surface area contributed by atoms with E-state index in [4.69, 9.17) is 4.74 Å². The van der Waals surface area contributed by atoms with Crippen LogP contribution >= 0.6 is 0 Å². The largest absolute Gasteiger partial charge is 0.497 e. The van der Waals surface area contributed by atoms with E-state index in [2.05, 4.69) is 23.2 Å². The van der Waals surface area contributed by atoms with E-state index in [0.29, 0.717) is 0 Å². The molecule has 18 heavy (non-hydrogen) atoms. The molecular weight excluding hydrogens is 228 g/mol. The first-order chi connectivity index (χ1) is 8.76. The first-order valence-electron chi connectivity index (χ1n) is 6.46. The first kappa shape index (κ1) is 13.3. The SMILES string of the molecule is COc1ccc([C@H](CO)N2CCNCC2)c(C)c1. The normalized spacial score (nSPS) is 18.6. The van der Waals surface area contributed by atoms with Crippen molar-refractivity contribution in [3.63, 3.8) is 0 Å². The van der Waals surface area contributed by atoms with Crippen molar-refractivity contribution in [2.24, 2.45) is 0 Å². The molecule has 1 aliphatic heterocycles. The van der Waals surface area contributed by atoms with Crippen molar-refractivity contribution in [3.8, 4) is 5.75 Å². The first-order valence-corrected chi connectivity index (χ1v) is 6.46. The van der Waals surface area contributed by atoms with E-state index < -0.39 is 0 Å². The van der Waals surface area contributed by atoms with Crippen LogP contribution in [0, 0.1) is 6.92 Å². The van der Waals surface area contributed by atoms with Crippen LogP contribution in [-0.4, -0.2) is 49.9 Å². The lowest BCUT2D eigenvalue weighted by Gasteiger charge is -2.34. The Morgan fingerprint density at radius 1 is 1.39 bits per heavy atom. The molecule has 1 atom stereocenters. The van der Waals surface area contributed by atoms with Gasteiger partial charge in [0, 0.05) is 26.2 Å². The fourth-order valence-electron chi connectivity index (χ4n) is 2.55. The number of hydrogen-bond acceptors (Lipinski definition) is 4. The number of ether oxygens (including phenoxy) is 1. The van der Waals surface area contributed by atoms with Crippen LogP contribution in [0.2, 0.25) is 0 Å². The average Bonchev–Trinajstić information content (AvgIpc) is 2.42. The standard InChI is InChI=1S/C14H22N2O2/c1-11-9-12(18-2)3-4-13(11)14(10-17)16-7-5-15-6-8-16/h3-4,9,14-15,17H,5-8,10H2,1-2H3/t14-/m0/s1. The maximum atomic E-state index is 9.69. The molecule has 4 nitrogen and oxygen atoms in total. The van der Waals surface area contributed by atoms with Crippen LogP contribution in [0.4, 0.5) is 0 Å². The van der Waals surface area contributed by atoms with Crippen LogP contribution < -0.4 is 10.1 Å². The third kappa shape index (κ3) is 2.83. The summed E-state index contributed by atoms with van der Waals surface area (Å²) < 4.78 is 5.22. The Labute approximate surface area is 109 Å². The lowest BCUT2D eigenvalue weighted by Crippen LogP contribution is -2.46. The van der Waals surface area contributed by atoms with Crippen molar-refractivity contribution < 1.29 is 9.84 Å². The second-order valence-corrected chi connectivity index (χ2v) is 4.71. The monoisotopic (exact) mass is 250 g/mol. The van der Waals surface area contributed by atoms with Crippen molar-refractivity contribution in [1.82, 2.24) is 10.2 Å². The van der Waals surface area contributed by atoms with E-state index in [1.165, 1.54) is 11.1 Å². The molecule has 1 aliphatic rings. The van der Waals surface area contributed by atoms with Gasteiger partial charge in [0.2, 0.25) is 0 Å². The molecular formula is C14H22N2O2. The van der Waals surface area contributed by atoms with Gasteiger partial charge in [-0.1, -0.05) is 6.07 Å². The molecule has 0 bridgehead atoms. The third-order valence-electron chi connectivity index (χ3n) is 3.60. The molecule has 0 radical (unpaired) electrons. The summed E-state index contributed by atoms with van der Waals surface area (Å²) in [6, 6.07) is 6.16. The van der Waals surface area contributed by atoms with Crippen LogP contribution in [0.25, 0.3) is 0 Å². The van der Waals surface area contributed by atoms with Gasteiger partial charge < -0.3 is 15.2 Å². The molecule has 2 N–H and O–H groups in total.